The van der Waals surface area contributed by atoms with Crippen molar-refractivity contribution in [1.29, 1.82) is 0 Å². The molecule has 2 amide bonds. The minimum absolute atomic E-state index is 0.105. The third-order valence-electron chi connectivity index (χ3n) is 3.99. The molecule has 0 spiro atoms. The van der Waals surface area contributed by atoms with Gasteiger partial charge in [-0.05, 0) is 36.9 Å². The number of thiophene rings is 1. The maximum atomic E-state index is 12.1. The average molecular weight is 416 g/mol. The molecule has 0 radical (unpaired) electrons. The molecular formula is C20H21N3O3S2. The van der Waals surface area contributed by atoms with E-state index in [0.717, 1.165) is 22.6 Å². The Hall–Kier alpha value is -2.71. The molecule has 3 rings (SSSR count). The molecule has 3 aromatic rings. The third kappa shape index (κ3) is 5.17. The van der Waals surface area contributed by atoms with Crippen molar-refractivity contribution in [2.24, 2.45) is 0 Å². The molecule has 0 atom stereocenters. The lowest BCUT2D eigenvalue weighted by molar-refractivity contribution is -0.116. The van der Waals surface area contributed by atoms with E-state index < -0.39 is 0 Å². The van der Waals surface area contributed by atoms with Gasteiger partial charge in [0.15, 0.2) is 5.13 Å². The standard InChI is InChI=1S/C20H21N3O3S2/c1-13-7-8-16(26-2)14(11-13)15-12-28-20(22-15)23-18(24)6-3-9-21-19(25)17-5-4-10-27-17/h4-5,7-8,10-12H,3,6,9H2,1-2H3,(H,21,25)(H,22,23,24). The average Bonchev–Trinajstić information content (AvgIpc) is 3.37. The second-order valence-electron chi connectivity index (χ2n) is 6.13. The fraction of sp³-hybridized carbons (Fsp3) is 0.250. The van der Waals surface area contributed by atoms with E-state index in [1.807, 2.05) is 41.9 Å². The first kappa shape index (κ1) is 20.0. The second kappa shape index (κ2) is 9.48. The zero-order valence-corrected chi connectivity index (χ0v) is 17.3. The lowest BCUT2D eigenvalue weighted by Crippen LogP contribution is -2.24. The third-order valence-corrected chi connectivity index (χ3v) is 5.62. The second-order valence-corrected chi connectivity index (χ2v) is 7.93. The van der Waals surface area contributed by atoms with E-state index in [1.54, 1.807) is 13.2 Å². The van der Waals surface area contributed by atoms with Gasteiger partial charge < -0.3 is 15.4 Å². The summed E-state index contributed by atoms with van der Waals surface area (Å²) in [6, 6.07) is 9.51. The number of hydrogen-bond acceptors (Lipinski definition) is 6. The summed E-state index contributed by atoms with van der Waals surface area (Å²) in [4.78, 5) is 29.1. The van der Waals surface area contributed by atoms with E-state index in [1.165, 1.54) is 22.7 Å². The number of anilines is 1. The number of nitrogens with one attached hydrogen (secondary N) is 2. The fourth-order valence-electron chi connectivity index (χ4n) is 2.60. The van der Waals surface area contributed by atoms with Crippen molar-refractivity contribution in [3.05, 3.63) is 51.5 Å². The number of ether oxygens (including phenoxy) is 1. The molecule has 2 aromatic heterocycles. The highest BCUT2D eigenvalue weighted by Gasteiger charge is 2.12. The number of rotatable bonds is 8. The molecule has 8 heteroatoms. The highest BCUT2D eigenvalue weighted by atomic mass is 32.1. The van der Waals surface area contributed by atoms with Gasteiger partial charge in [0.2, 0.25) is 5.91 Å². The summed E-state index contributed by atoms with van der Waals surface area (Å²) in [5.74, 6) is 0.518. The molecule has 0 fully saturated rings. The highest BCUT2D eigenvalue weighted by Crippen LogP contribution is 2.33. The molecule has 0 aliphatic heterocycles. The monoisotopic (exact) mass is 415 g/mol. The summed E-state index contributed by atoms with van der Waals surface area (Å²) in [5, 5.41) is 9.93. The van der Waals surface area contributed by atoms with Crippen LogP contribution in [-0.4, -0.2) is 30.5 Å². The number of hydrogen-bond donors (Lipinski definition) is 2. The van der Waals surface area contributed by atoms with E-state index in [4.69, 9.17) is 4.74 Å². The van der Waals surface area contributed by atoms with Gasteiger partial charge >= 0.3 is 0 Å². The number of carbonyl (C=O) groups is 2. The molecule has 0 aliphatic carbocycles. The van der Waals surface area contributed by atoms with E-state index in [9.17, 15) is 9.59 Å². The first-order valence-corrected chi connectivity index (χ1v) is 10.5. The van der Waals surface area contributed by atoms with Crippen molar-refractivity contribution in [3.63, 3.8) is 0 Å². The molecule has 1 aromatic carbocycles. The summed E-state index contributed by atoms with van der Waals surface area (Å²) < 4.78 is 5.40. The minimum atomic E-state index is -0.123. The van der Waals surface area contributed by atoms with Crippen LogP contribution in [0.3, 0.4) is 0 Å². The molecule has 6 nitrogen and oxygen atoms in total. The van der Waals surface area contributed by atoms with Gasteiger partial charge in [-0.2, -0.15) is 0 Å². The summed E-state index contributed by atoms with van der Waals surface area (Å²) in [6.07, 6.45) is 0.875. The molecule has 28 heavy (non-hydrogen) atoms. The van der Waals surface area contributed by atoms with Gasteiger partial charge in [0.05, 0.1) is 17.7 Å². The number of thiazole rings is 1. The Kier molecular flexibility index (Phi) is 6.78. The summed E-state index contributed by atoms with van der Waals surface area (Å²) in [5.41, 5.74) is 2.78. The Balaban J connectivity index is 1.49. The number of benzene rings is 1. The number of aromatic nitrogens is 1. The number of carbonyl (C=O) groups excluding carboxylic acids is 2. The maximum Gasteiger partial charge on any atom is 0.261 e. The predicted molar refractivity (Wildman–Crippen MR) is 113 cm³/mol. The zero-order valence-electron chi connectivity index (χ0n) is 15.7. The molecular weight excluding hydrogens is 394 g/mol. The van der Waals surface area contributed by atoms with E-state index in [2.05, 4.69) is 15.6 Å². The zero-order chi connectivity index (χ0) is 19.9. The van der Waals surface area contributed by atoms with Crippen LogP contribution in [0.1, 0.15) is 28.1 Å². The predicted octanol–water partition coefficient (Wildman–Crippen LogP) is 4.34. The molecule has 0 aliphatic rings. The van der Waals surface area contributed by atoms with E-state index in [0.29, 0.717) is 29.4 Å². The molecule has 2 heterocycles. The number of aryl methyl sites for hydroxylation is 1. The fourth-order valence-corrected chi connectivity index (χ4v) is 3.97. The van der Waals surface area contributed by atoms with Crippen molar-refractivity contribution in [1.82, 2.24) is 10.3 Å². The number of amides is 2. The van der Waals surface area contributed by atoms with Crippen LogP contribution >= 0.6 is 22.7 Å². The minimum Gasteiger partial charge on any atom is -0.496 e. The lowest BCUT2D eigenvalue weighted by atomic mass is 10.1. The van der Waals surface area contributed by atoms with Gasteiger partial charge in [0, 0.05) is 23.9 Å². The molecule has 0 unspecified atom stereocenters. The van der Waals surface area contributed by atoms with Crippen LogP contribution in [0.25, 0.3) is 11.3 Å². The first-order chi connectivity index (χ1) is 13.6. The van der Waals surface area contributed by atoms with Crippen LogP contribution in [0.15, 0.2) is 41.1 Å². The van der Waals surface area contributed by atoms with Crippen molar-refractivity contribution >= 4 is 39.6 Å². The van der Waals surface area contributed by atoms with Crippen LogP contribution in [0, 0.1) is 6.92 Å². The SMILES string of the molecule is COc1ccc(C)cc1-c1csc(NC(=O)CCCNC(=O)c2cccs2)n1. The lowest BCUT2D eigenvalue weighted by Gasteiger charge is -2.07. The van der Waals surface area contributed by atoms with Gasteiger partial charge in [-0.1, -0.05) is 17.7 Å². The summed E-state index contributed by atoms with van der Waals surface area (Å²) >= 11 is 2.77. The topological polar surface area (TPSA) is 80.3 Å². The highest BCUT2D eigenvalue weighted by molar-refractivity contribution is 7.14. The van der Waals surface area contributed by atoms with Crippen LogP contribution in [0.2, 0.25) is 0 Å². The summed E-state index contributed by atoms with van der Waals surface area (Å²) in [6.45, 7) is 2.46. The van der Waals surface area contributed by atoms with E-state index >= 15 is 0 Å². The number of methoxy groups -OCH3 is 1. The van der Waals surface area contributed by atoms with Crippen LogP contribution in [-0.2, 0) is 4.79 Å². The molecule has 2 N–H and O–H groups in total. The van der Waals surface area contributed by atoms with Crippen LogP contribution in [0.5, 0.6) is 5.75 Å². The largest absolute Gasteiger partial charge is 0.496 e. The van der Waals surface area contributed by atoms with Crippen LogP contribution in [0.4, 0.5) is 5.13 Å². The smallest absolute Gasteiger partial charge is 0.261 e. The first-order valence-electron chi connectivity index (χ1n) is 8.79. The Morgan fingerprint density at radius 2 is 2.07 bits per heavy atom. The van der Waals surface area contributed by atoms with Crippen molar-refractivity contribution in [2.45, 2.75) is 19.8 Å². The van der Waals surface area contributed by atoms with Gasteiger partial charge in [-0.25, -0.2) is 4.98 Å². The van der Waals surface area contributed by atoms with Crippen molar-refractivity contribution in [3.8, 4) is 17.0 Å². The normalized spacial score (nSPS) is 10.5. The molecule has 146 valence electrons. The van der Waals surface area contributed by atoms with Crippen molar-refractivity contribution < 1.29 is 14.3 Å². The van der Waals surface area contributed by atoms with Gasteiger partial charge in [0.25, 0.3) is 5.91 Å². The molecule has 0 saturated heterocycles. The molecule has 0 bridgehead atoms. The number of nitrogens with zero attached hydrogens (tertiary/aromatic N) is 1. The van der Waals surface area contributed by atoms with Crippen molar-refractivity contribution in [2.75, 3.05) is 19.0 Å². The Bertz CT molecular complexity index is 952. The van der Waals surface area contributed by atoms with Gasteiger partial charge in [-0.3, -0.25) is 9.59 Å². The van der Waals surface area contributed by atoms with Gasteiger partial charge in [0.1, 0.15) is 5.75 Å². The quantitative estimate of drug-likeness (QED) is 0.537. The Labute approximate surface area is 171 Å². The van der Waals surface area contributed by atoms with E-state index in [-0.39, 0.29) is 11.8 Å². The van der Waals surface area contributed by atoms with Gasteiger partial charge in [-0.15, -0.1) is 22.7 Å². The Morgan fingerprint density at radius 1 is 1.21 bits per heavy atom. The van der Waals surface area contributed by atoms with Crippen LogP contribution < -0.4 is 15.4 Å². The maximum absolute atomic E-state index is 12.1. The summed E-state index contributed by atoms with van der Waals surface area (Å²) in [7, 11) is 1.63. The molecule has 0 saturated carbocycles. The Morgan fingerprint density at radius 3 is 2.82 bits per heavy atom.